The van der Waals surface area contributed by atoms with Crippen molar-refractivity contribution in [3.63, 3.8) is 0 Å². The Morgan fingerprint density at radius 1 is 1.27 bits per heavy atom. The molecular weight excluding hydrogens is 186 g/mol. The van der Waals surface area contributed by atoms with E-state index in [0.717, 1.165) is 12.8 Å². The van der Waals surface area contributed by atoms with Crippen molar-refractivity contribution in [1.82, 2.24) is 5.32 Å². The largest absolute Gasteiger partial charge is 0.386 e. The van der Waals surface area contributed by atoms with Crippen molar-refractivity contribution in [3.05, 3.63) is 11.8 Å². The normalized spacial score (nSPS) is 14.1. The highest BCUT2D eigenvalue weighted by atomic mass is 16.1. The molecule has 1 N–H and O–H groups in total. The highest BCUT2D eigenvalue weighted by molar-refractivity contribution is 5.81. The van der Waals surface area contributed by atoms with E-state index in [0.29, 0.717) is 18.2 Å². The number of hydrogen-bond acceptors (Lipinski definition) is 2. The van der Waals surface area contributed by atoms with Crippen molar-refractivity contribution in [1.29, 1.82) is 0 Å². The molecule has 0 aromatic rings. The molecule has 2 heteroatoms. The van der Waals surface area contributed by atoms with Crippen molar-refractivity contribution < 1.29 is 4.79 Å². The van der Waals surface area contributed by atoms with E-state index in [-0.39, 0.29) is 5.92 Å². The van der Waals surface area contributed by atoms with Crippen molar-refractivity contribution in [2.75, 3.05) is 0 Å². The van der Waals surface area contributed by atoms with Crippen molar-refractivity contribution >= 4 is 5.78 Å². The average molecular weight is 211 g/mol. The van der Waals surface area contributed by atoms with Crippen LogP contribution in [0.15, 0.2) is 11.8 Å². The molecule has 0 bridgehead atoms. The van der Waals surface area contributed by atoms with Gasteiger partial charge in [0.25, 0.3) is 0 Å². The van der Waals surface area contributed by atoms with Gasteiger partial charge in [-0.25, -0.2) is 0 Å². The summed E-state index contributed by atoms with van der Waals surface area (Å²) < 4.78 is 0. The number of Topliss-reactive ketones (excluding diaryl/α,β-unsaturated/α-hetero) is 1. The maximum atomic E-state index is 11.4. The van der Waals surface area contributed by atoms with Gasteiger partial charge < -0.3 is 5.32 Å². The zero-order valence-electron chi connectivity index (χ0n) is 10.8. The van der Waals surface area contributed by atoms with Gasteiger partial charge in [0.15, 0.2) is 0 Å². The first-order valence-electron chi connectivity index (χ1n) is 5.99. The summed E-state index contributed by atoms with van der Waals surface area (Å²) in [4.78, 5) is 11.4. The van der Waals surface area contributed by atoms with E-state index in [9.17, 15) is 4.79 Å². The molecule has 0 aliphatic rings. The van der Waals surface area contributed by atoms with E-state index < -0.39 is 0 Å². The first kappa shape index (κ1) is 14.2. The highest BCUT2D eigenvalue weighted by Gasteiger charge is 2.06. The molecule has 0 saturated heterocycles. The predicted octanol–water partition coefficient (Wildman–Crippen LogP) is 3.28. The molecule has 0 aliphatic heterocycles. The second-order valence-corrected chi connectivity index (χ2v) is 4.36. The van der Waals surface area contributed by atoms with Crippen LogP contribution in [-0.2, 0) is 4.79 Å². The quantitative estimate of drug-likeness (QED) is 0.700. The summed E-state index contributed by atoms with van der Waals surface area (Å²) in [5.41, 5.74) is 1.19. The molecule has 0 saturated carbocycles. The summed E-state index contributed by atoms with van der Waals surface area (Å²) in [7, 11) is 0. The summed E-state index contributed by atoms with van der Waals surface area (Å²) in [5, 5.41) is 3.42. The van der Waals surface area contributed by atoms with Crippen LogP contribution in [0.4, 0.5) is 0 Å². The first-order chi connectivity index (χ1) is 7.01. The standard InChI is InChI=1S/C13H25NO/c1-6-11(5)14-12(7-2)8-9-13(15)10(3)4/h8,10-11,14H,6-7,9H2,1-5H3. The third-order valence-corrected chi connectivity index (χ3v) is 2.62. The molecule has 0 amide bonds. The Balaban J connectivity index is 4.16. The van der Waals surface area contributed by atoms with Gasteiger partial charge in [-0.1, -0.05) is 33.8 Å². The summed E-state index contributed by atoms with van der Waals surface area (Å²) in [6.07, 6.45) is 4.67. The monoisotopic (exact) mass is 211 g/mol. The number of ketones is 1. The van der Waals surface area contributed by atoms with Crippen LogP contribution in [0, 0.1) is 5.92 Å². The molecule has 0 aliphatic carbocycles. The third kappa shape index (κ3) is 6.32. The Labute approximate surface area is 94.1 Å². The molecule has 0 heterocycles. The minimum atomic E-state index is 0.142. The first-order valence-corrected chi connectivity index (χ1v) is 5.99. The number of hydrogen-bond donors (Lipinski definition) is 1. The number of allylic oxidation sites excluding steroid dienone is 2. The van der Waals surface area contributed by atoms with Crippen LogP contribution >= 0.6 is 0 Å². The average Bonchev–Trinajstić information content (AvgIpc) is 2.22. The molecule has 1 atom stereocenters. The Morgan fingerprint density at radius 2 is 1.87 bits per heavy atom. The van der Waals surface area contributed by atoms with E-state index in [2.05, 4.69) is 26.1 Å². The number of carbonyl (C=O) groups is 1. The van der Waals surface area contributed by atoms with E-state index in [1.54, 1.807) is 0 Å². The molecule has 2 nitrogen and oxygen atoms in total. The summed E-state index contributed by atoms with van der Waals surface area (Å²) in [6.45, 7) is 10.3. The van der Waals surface area contributed by atoms with Gasteiger partial charge in [0, 0.05) is 24.1 Å². The summed E-state index contributed by atoms with van der Waals surface area (Å²) in [5.74, 6) is 0.454. The smallest absolute Gasteiger partial charge is 0.139 e. The highest BCUT2D eigenvalue weighted by Crippen LogP contribution is 2.05. The van der Waals surface area contributed by atoms with Gasteiger partial charge in [0.1, 0.15) is 5.78 Å². The van der Waals surface area contributed by atoms with E-state index in [4.69, 9.17) is 0 Å². The molecule has 0 rings (SSSR count). The molecule has 88 valence electrons. The molecule has 0 spiro atoms. The van der Waals surface area contributed by atoms with Gasteiger partial charge in [-0.05, 0) is 19.8 Å². The molecule has 0 fully saturated rings. The number of carbonyl (C=O) groups excluding carboxylic acids is 1. The topological polar surface area (TPSA) is 29.1 Å². The van der Waals surface area contributed by atoms with Crippen LogP contribution in [0.2, 0.25) is 0 Å². The second-order valence-electron chi connectivity index (χ2n) is 4.36. The zero-order chi connectivity index (χ0) is 11.8. The fourth-order valence-electron chi connectivity index (χ4n) is 1.18. The van der Waals surface area contributed by atoms with Gasteiger partial charge in [0.2, 0.25) is 0 Å². The van der Waals surface area contributed by atoms with E-state index in [1.165, 1.54) is 5.70 Å². The van der Waals surface area contributed by atoms with Gasteiger partial charge >= 0.3 is 0 Å². The lowest BCUT2D eigenvalue weighted by Crippen LogP contribution is -2.24. The van der Waals surface area contributed by atoms with Crippen LogP contribution in [0.25, 0.3) is 0 Å². The lowest BCUT2D eigenvalue weighted by atomic mass is 10.1. The van der Waals surface area contributed by atoms with Crippen molar-refractivity contribution in [3.8, 4) is 0 Å². The minimum Gasteiger partial charge on any atom is -0.386 e. The molecule has 0 radical (unpaired) electrons. The molecule has 0 aromatic carbocycles. The fraction of sp³-hybridized carbons (Fsp3) is 0.769. The Morgan fingerprint density at radius 3 is 2.27 bits per heavy atom. The van der Waals surface area contributed by atoms with Crippen LogP contribution in [0.3, 0.4) is 0 Å². The summed E-state index contributed by atoms with van der Waals surface area (Å²) in [6, 6.07) is 0.491. The molecular formula is C13H25NO. The van der Waals surface area contributed by atoms with E-state index >= 15 is 0 Å². The fourth-order valence-corrected chi connectivity index (χ4v) is 1.18. The van der Waals surface area contributed by atoms with Crippen LogP contribution in [0.5, 0.6) is 0 Å². The maximum absolute atomic E-state index is 11.4. The lowest BCUT2D eigenvalue weighted by molar-refractivity contribution is -0.121. The zero-order valence-corrected chi connectivity index (χ0v) is 10.8. The van der Waals surface area contributed by atoms with Crippen LogP contribution in [0.1, 0.15) is 53.9 Å². The number of rotatable bonds is 7. The molecule has 0 aromatic heterocycles. The van der Waals surface area contributed by atoms with Gasteiger partial charge in [0.05, 0.1) is 0 Å². The van der Waals surface area contributed by atoms with E-state index in [1.807, 2.05) is 19.9 Å². The maximum Gasteiger partial charge on any atom is 0.139 e. The Bertz CT molecular complexity index is 219. The van der Waals surface area contributed by atoms with Gasteiger partial charge in [-0.2, -0.15) is 0 Å². The van der Waals surface area contributed by atoms with Gasteiger partial charge in [-0.3, -0.25) is 4.79 Å². The predicted molar refractivity (Wildman–Crippen MR) is 65.7 cm³/mol. The van der Waals surface area contributed by atoms with Crippen molar-refractivity contribution in [2.45, 2.75) is 59.9 Å². The van der Waals surface area contributed by atoms with Crippen LogP contribution < -0.4 is 5.32 Å². The van der Waals surface area contributed by atoms with Gasteiger partial charge in [-0.15, -0.1) is 0 Å². The number of nitrogens with one attached hydrogen (secondary N) is 1. The molecule has 1 unspecified atom stereocenters. The summed E-state index contributed by atoms with van der Waals surface area (Å²) >= 11 is 0. The van der Waals surface area contributed by atoms with Crippen LogP contribution in [-0.4, -0.2) is 11.8 Å². The minimum absolute atomic E-state index is 0.142. The Kier molecular flexibility index (Phi) is 7.10. The SMILES string of the molecule is CCC(=CCC(=O)C(C)C)NC(C)CC. The second kappa shape index (κ2) is 7.49. The van der Waals surface area contributed by atoms with Crippen molar-refractivity contribution in [2.24, 2.45) is 5.92 Å². The lowest BCUT2D eigenvalue weighted by Gasteiger charge is -2.15. The third-order valence-electron chi connectivity index (χ3n) is 2.62. The molecule has 15 heavy (non-hydrogen) atoms. The Hall–Kier alpha value is -0.790.